The fraction of sp³-hybridized carbons (Fsp3) is 0.286. The van der Waals surface area contributed by atoms with E-state index in [1.165, 1.54) is 0 Å². The molecule has 0 amide bonds. The molecule has 130 valence electrons. The molecule has 2 aromatic carbocycles. The van der Waals surface area contributed by atoms with Crippen LogP contribution in [0.3, 0.4) is 0 Å². The van der Waals surface area contributed by atoms with E-state index < -0.39 is 12.1 Å². The van der Waals surface area contributed by atoms with Crippen LogP contribution in [-0.2, 0) is 6.42 Å². The summed E-state index contributed by atoms with van der Waals surface area (Å²) in [5.41, 5.74) is 4.60. The molecule has 1 atom stereocenters. The Morgan fingerprint density at radius 3 is 2.48 bits per heavy atom. The fourth-order valence-corrected chi connectivity index (χ4v) is 3.62. The summed E-state index contributed by atoms with van der Waals surface area (Å²) in [6.07, 6.45) is -0.0362. The van der Waals surface area contributed by atoms with Crippen LogP contribution in [-0.4, -0.2) is 19.4 Å². The van der Waals surface area contributed by atoms with Crippen molar-refractivity contribution < 1.29 is 13.2 Å². The predicted octanol–water partition coefficient (Wildman–Crippen LogP) is 6.03. The van der Waals surface area contributed by atoms with Gasteiger partial charge in [-0.15, -0.1) is 0 Å². The Balaban J connectivity index is 2.39. The Hall–Kier alpha value is -2.36. The third kappa shape index (κ3) is 2.90. The zero-order valence-electron chi connectivity index (χ0n) is 14.5. The molecule has 0 radical (unpaired) electrons. The average Bonchev–Trinajstić information content (AvgIpc) is 2.93. The van der Waals surface area contributed by atoms with Gasteiger partial charge in [0.2, 0.25) is 0 Å². The highest BCUT2D eigenvalue weighted by Crippen LogP contribution is 2.54. The lowest BCUT2D eigenvalue weighted by Crippen LogP contribution is -2.20. The van der Waals surface area contributed by atoms with Crippen LogP contribution in [0.2, 0.25) is 0 Å². The number of hydrogen-bond acceptors (Lipinski definition) is 1. The Kier molecular flexibility index (Phi) is 4.55. The molecule has 1 aliphatic rings. The second-order valence-corrected chi connectivity index (χ2v) is 6.15. The van der Waals surface area contributed by atoms with Gasteiger partial charge in [-0.1, -0.05) is 49.4 Å². The summed E-state index contributed by atoms with van der Waals surface area (Å²) in [5, 5.41) is 0. The van der Waals surface area contributed by atoms with E-state index in [2.05, 4.69) is 4.99 Å². The number of fused-ring (bicyclic) bond motifs is 3. The van der Waals surface area contributed by atoms with Crippen molar-refractivity contribution in [2.45, 2.75) is 32.4 Å². The molecule has 0 heterocycles. The van der Waals surface area contributed by atoms with Gasteiger partial charge >= 0.3 is 6.18 Å². The molecule has 0 spiro atoms. The smallest absolute Gasteiger partial charge is 0.296 e. The number of halogens is 3. The maximum absolute atomic E-state index is 13.9. The molecular formula is C21H20F3N. The topological polar surface area (TPSA) is 12.4 Å². The van der Waals surface area contributed by atoms with Crippen LogP contribution in [0, 0.1) is 0 Å². The molecule has 0 saturated heterocycles. The molecule has 0 bridgehead atoms. The summed E-state index contributed by atoms with van der Waals surface area (Å²) in [4.78, 5) is 4.07. The summed E-state index contributed by atoms with van der Waals surface area (Å²) in [7, 11) is 1.67. The van der Waals surface area contributed by atoms with Gasteiger partial charge in [-0.3, -0.25) is 4.99 Å². The highest BCUT2D eigenvalue weighted by molar-refractivity contribution is 6.13. The van der Waals surface area contributed by atoms with Gasteiger partial charge in [0.1, 0.15) is 5.92 Å². The highest BCUT2D eigenvalue weighted by atomic mass is 19.4. The van der Waals surface area contributed by atoms with Crippen LogP contribution in [0.4, 0.5) is 13.2 Å². The monoisotopic (exact) mass is 343 g/mol. The molecular weight excluding hydrogens is 323 g/mol. The molecule has 1 nitrogen and oxygen atoms in total. The first-order chi connectivity index (χ1) is 11.9. The number of benzene rings is 2. The summed E-state index contributed by atoms with van der Waals surface area (Å²) in [5.74, 6) is -1.57. The summed E-state index contributed by atoms with van der Waals surface area (Å²) in [6.45, 7) is 3.84. The van der Waals surface area contributed by atoms with Crippen LogP contribution in [0.5, 0.6) is 0 Å². The molecule has 0 fully saturated rings. The minimum absolute atomic E-state index is 0.336. The van der Waals surface area contributed by atoms with Crippen molar-refractivity contribution in [2.24, 2.45) is 4.99 Å². The molecule has 3 rings (SSSR count). The van der Waals surface area contributed by atoms with Gasteiger partial charge in [0, 0.05) is 13.3 Å². The van der Waals surface area contributed by atoms with Crippen molar-refractivity contribution in [3.05, 3.63) is 64.7 Å². The molecule has 25 heavy (non-hydrogen) atoms. The Labute approximate surface area is 145 Å². The van der Waals surface area contributed by atoms with Gasteiger partial charge in [0.05, 0.1) is 0 Å². The molecule has 0 aromatic heterocycles. The molecule has 4 heteroatoms. The van der Waals surface area contributed by atoms with Crippen molar-refractivity contribution in [3.63, 3.8) is 0 Å². The van der Waals surface area contributed by atoms with Gasteiger partial charge < -0.3 is 0 Å². The van der Waals surface area contributed by atoms with E-state index in [9.17, 15) is 13.2 Å². The standard InChI is InChI=1S/C21H20F3N/c1-4-13-10-17(14(5-2)12-25-3)19-15-8-6-7-9-16(15)20(18(19)11-13)21(22,23)24/h5-12,20H,4H2,1-3H3/b14-5+,25-12?/t20-/m0/s1. The van der Waals surface area contributed by atoms with E-state index in [-0.39, 0.29) is 0 Å². The number of allylic oxidation sites excluding steroid dienone is 2. The lowest BCUT2D eigenvalue weighted by atomic mass is 9.89. The summed E-state index contributed by atoms with van der Waals surface area (Å²) < 4.78 is 41.6. The van der Waals surface area contributed by atoms with E-state index in [1.807, 2.05) is 26.0 Å². The van der Waals surface area contributed by atoms with Crippen LogP contribution >= 0.6 is 0 Å². The Morgan fingerprint density at radius 2 is 1.88 bits per heavy atom. The molecule has 0 N–H and O–H groups in total. The third-order valence-electron chi connectivity index (χ3n) is 4.71. The van der Waals surface area contributed by atoms with E-state index in [0.29, 0.717) is 28.7 Å². The molecule has 0 unspecified atom stereocenters. The van der Waals surface area contributed by atoms with Crippen LogP contribution < -0.4 is 0 Å². The summed E-state index contributed by atoms with van der Waals surface area (Å²) >= 11 is 0. The highest BCUT2D eigenvalue weighted by Gasteiger charge is 2.48. The van der Waals surface area contributed by atoms with E-state index >= 15 is 0 Å². The average molecular weight is 343 g/mol. The quantitative estimate of drug-likeness (QED) is 0.604. The lowest BCUT2D eigenvalue weighted by molar-refractivity contribution is -0.140. The first kappa shape index (κ1) is 17.5. The van der Waals surface area contributed by atoms with Crippen LogP contribution in [0.15, 0.2) is 47.5 Å². The first-order valence-corrected chi connectivity index (χ1v) is 8.34. The Morgan fingerprint density at radius 1 is 1.16 bits per heavy atom. The largest absolute Gasteiger partial charge is 0.399 e. The minimum atomic E-state index is -4.32. The van der Waals surface area contributed by atoms with Gasteiger partial charge in [-0.25, -0.2) is 0 Å². The normalized spacial score (nSPS) is 17.0. The minimum Gasteiger partial charge on any atom is -0.296 e. The maximum atomic E-state index is 13.9. The van der Waals surface area contributed by atoms with Crippen LogP contribution in [0.1, 0.15) is 42.0 Å². The number of alkyl halides is 3. The van der Waals surface area contributed by atoms with E-state index in [4.69, 9.17) is 0 Å². The SMILES string of the molecule is C/C=C(\C=NC)c1cc(CC)cc2c1-c1ccccc1[C@@H]2C(F)(F)F. The van der Waals surface area contributed by atoms with Crippen molar-refractivity contribution in [3.8, 4) is 11.1 Å². The maximum Gasteiger partial charge on any atom is 0.399 e. The second-order valence-electron chi connectivity index (χ2n) is 6.15. The van der Waals surface area contributed by atoms with Crippen LogP contribution in [0.25, 0.3) is 16.7 Å². The van der Waals surface area contributed by atoms with Gasteiger partial charge in [0.25, 0.3) is 0 Å². The lowest BCUT2D eigenvalue weighted by Gasteiger charge is -2.19. The van der Waals surface area contributed by atoms with Crippen molar-refractivity contribution >= 4 is 11.8 Å². The van der Waals surface area contributed by atoms with Crippen molar-refractivity contribution in [2.75, 3.05) is 7.05 Å². The van der Waals surface area contributed by atoms with Crippen molar-refractivity contribution in [1.82, 2.24) is 0 Å². The fourth-order valence-electron chi connectivity index (χ4n) is 3.62. The molecule has 1 aliphatic carbocycles. The molecule has 2 aromatic rings. The number of nitrogens with zero attached hydrogens (tertiary/aromatic N) is 1. The second kappa shape index (κ2) is 6.51. The van der Waals surface area contributed by atoms with Gasteiger partial charge in [-0.05, 0) is 52.3 Å². The third-order valence-corrected chi connectivity index (χ3v) is 4.71. The summed E-state index contributed by atoms with van der Waals surface area (Å²) in [6, 6.07) is 10.5. The number of aliphatic imine (C=N–C) groups is 1. The predicted molar refractivity (Wildman–Crippen MR) is 97.2 cm³/mol. The molecule has 0 saturated carbocycles. The molecule has 0 aliphatic heterocycles. The van der Waals surface area contributed by atoms with E-state index in [0.717, 1.165) is 16.7 Å². The number of hydrogen-bond donors (Lipinski definition) is 0. The first-order valence-electron chi connectivity index (χ1n) is 8.34. The van der Waals surface area contributed by atoms with Gasteiger partial charge in [-0.2, -0.15) is 13.2 Å². The van der Waals surface area contributed by atoms with Gasteiger partial charge in [0.15, 0.2) is 0 Å². The number of aryl methyl sites for hydroxylation is 1. The number of rotatable bonds is 3. The van der Waals surface area contributed by atoms with Crippen molar-refractivity contribution in [1.29, 1.82) is 0 Å². The zero-order valence-corrected chi connectivity index (χ0v) is 14.5. The van der Waals surface area contributed by atoms with E-state index in [1.54, 1.807) is 43.6 Å². The Bertz CT molecular complexity index is 860. The zero-order chi connectivity index (χ0) is 18.2.